The molecular weight excluding hydrogens is 243 g/mol. The van der Waals surface area contributed by atoms with Crippen LogP contribution in [0.4, 0.5) is 10.1 Å². The highest BCUT2D eigenvalue weighted by molar-refractivity contribution is 6.33. The van der Waals surface area contributed by atoms with Crippen LogP contribution in [0.2, 0.25) is 5.02 Å². The number of nitrogens with one attached hydrogen (secondary N) is 1. The van der Waals surface area contributed by atoms with E-state index < -0.39 is 11.2 Å². The number of amides is 1. The van der Waals surface area contributed by atoms with Crippen LogP contribution < -0.4 is 5.32 Å². The maximum atomic E-state index is 12.8. The lowest BCUT2D eigenvalue weighted by atomic mass is 9.69. The summed E-state index contributed by atoms with van der Waals surface area (Å²) in [5.41, 5.74) is -0.600. The molecule has 0 atom stereocenters. The number of nitriles is 1. The molecule has 3 nitrogen and oxygen atoms in total. The summed E-state index contributed by atoms with van der Waals surface area (Å²) in [7, 11) is 0. The standard InChI is InChI=1S/C12H10ClFN2O/c13-9-6-8(14)2-3-10(9)16-11(17)12(7-15)4-1-5-12/h2-3,6H,1,4-5H2,(H,16,17). The second-order valence-corrected chi connectivity index (χ2v) is 4.53. The summed E-state index contributed by atoms with van der Waals surface area (Å²) in [5.74, 6) is -0.827. The average molecular weight is 253 g/mol. The summed E-state index contributed by atoms with van der Waals surface area (Å²) in [6.07, 6.45) is 2.00. The van der Waals surface area contributed by atoms with Crippen molar-refractivity contribution in [1.82, 2.24) is 0 Å². The van der Waals surface area contributed by atoms with E-state index in [1.807, 2.05) is 6.07 Å². The van der Waals surface area contributed by atoms with E-state index >= 15 is 0 Å². The summed E-state index contributed by atoms with van der Waals surface area (Å²) < 4.78 is 12.8. The Morgan fingerprint density at radius 2 is 2.24 bits per heavy atom. The first-order chi connectivity index (χ1) is 8.07. The molecule has 0 aliphatic heterocycles. The lowest BCUT2D eigenvalue weighted by Gasteiger charge is -2.33. The van der Waals surface area contributed by atoms with Gasteiger partial charge in [0.05, 0.1) is 16.8 Å². The SMILES string of the molecule is N#CC1(C(=O)Nc2ccc(F)cc2Cl)CCC1. The van der Waals surface area contributed by atoms with Gasteiger partial charge in [0.25, 0.3) is 0 Å². The van der Waals surface area contributed by atoms with Crippen molar-refractivity contribution in [2.45, 2.75) is 19.3 Å². The highest BCUT2D eigenvalue weighted by atomic mass is 35.5. The van der Waals surface area contributed by atoms with Gasteiger partial charge in [-0.05, 0) is 37.5 Å². The first-order valence-corrected chi connectivity index (χ1v) is 5.63. The number of nitrogens with zero attached hydrogens (tertiary/aromatic N) is 1. The molecule has 17 heavy (non-hydrogen) atoms. The molecule has 1 aromatic rings. The second-order valence-electron chi connectivity index (χ2n) is 4.13. The third-order valence-corrected chi connectivity index (χ3v) is 3.35. The predicted octanol–water partition coefficient (Wildman–Crippen LogP) is 3.11. The summed E-state index contributed by atoms with van der Waals surface area (Å²) in [6, 6.07) is 5.76. The van der Waals surface area contributed by atoms with E-state index in [4.69, 9.17) is 16.9 Å². The summed E-state index contributed by atoms with van der Waals surface area (Å²) in [5, 5.41) is 11.7. The average Bonchev–Trinajstić information content (AvgIpc) is 2.21. The quantitative estimate of drug-likeness (QED) is 0.879. The maximum Gasteiger partial charge on any atom is 0.244 e. The van der Waals surface area contributed by atoms with Gasteiger partial charge in [0.1, 0.15) is 11.2 Å². The molecule has 1 aliphatic rings. The van der Waals surface area contributed by atoms with E-state index in [0.717, 1.165) is 12.5 Å². The molecule has 1 saturated carbocycles. The van der Waals surface area contributed by atoms with Crippen molar-refractivity contribution in [2.24, 2.45) is 5.41 Å². The van der Waals surface area contributed by atoms with Crippen LogP contribution in [0.5, 0.6) is 0 Å². The molecule has 88 valence electrons. The van der Waals surface area contributed by atoms with Crippen LogP contribution in [0.3, 0.4) is 0 Å². The molecule has 0 heterocycles. The van der Waals surface area contributed by atoms with Crippen molar-refractivity contribution >= 4 is 23.2 Å². The topological polar surface area (TPSA) is 52.9 Å². The largest absolute Gasteiger partial charge is 0.323 e. The summed E-state index contributed by atoms with van der Waals surface area (Å²) >= 11 is 5.79. The number of hydrogen-bond acceptors (Lipinski definition) is 2. The Hall–Kier alpha value is -1.60. The van der Waals surface area contributed by atoms with Crippen LogP contribution in [-0.4, -0.2) is 5.91 Å². The van der Waals surface area contributed by atoms with Gasteiger partial charge in [-0.2, -0.15) is 5.26 Å². The monoisotopic (exact) mass is 252 g/mol. The number of carbonyl (C=O) groups excluding carboxylic acids is 1. The molecule has 0 unspecified atom stereocenters. The lowest BCUT2D eigenvalue weighted by molar-refractivity contribution is -0.126. The van der Waals surface area contributed by atoms with Gasteiger partial charge in [0.2, 0.25) is 5.91 Å². The van der Waals surface area contributed by atoms with Crippen molar-refractivity contribution in [3.63, 3.8) is 0 Å². The predicted molar refractivity (Wildman–Crippen MR) is 61.9 cm³/mol. The van der Waals surface area contributed by atoms with Crippen molar-refractivity contribution in [3.8, 4) is 6.07 Å². The van der Waals surface area contributed by atoms with Crippen LogP contribution in [0.15, 0.2) is 18.2 Å². The third kappa shape index (κ3) is 2.11. The molecule has 1 N–H and O–H groups in total. The molecule has 5 heteroatoms. The van der Waals surface area contributed by atoms with Crippen molar-refractivity contribution < 1.29 is 9.18 Å². The zero-order valence-electron chi connectivity index (χ0n) is 8.96. The Balaban J connectivity index is 2.16. The molecular formula is C12H10ClFN2O. The fraction of sp³-hybridized carbons (Fsp3) is 0.333. The van der Waals surface area contributed by atoms with E-state index in [9.17, 15) is 9.18 Å². The molecule has 0 aromatic heterocycles. The lowest BCUT2D eigenvalue weighted by Crippen LogP contribution is -2.40. The zero-order valence-corrected chi connectivity index (χ0v) is 9.72. The van der Waals surface area contributed by atoms with Crippen LogP contribution in [-0.2, 0) is 4.79 Å². The molecule has 0 bridgehead atoms. The van der Waals surface area contributed by atoms with Crippen LogP contribution >= 0.6 is 11.6 Å². The molecule has 1 aromatic carbocycles. The van der Waals surface area contributed by atoms with Gasteiger partial charge in [-0.3, -0.25) is 4.79 Å². The Morgan fingerprint density at radius 3 is 2.71 bits per heavy atom. The van der Waals surface area contributed by atoms with Gasteiger partial charge in [-0.15, -0.1) is 0 Å². The Bertz CT molecular complexity index is 506. The first kappa shape index (κ1) is 11.9. The Kier molecular flexibility index (Phi) is 3.03. The van der Waals surface area contributed by atoms with E-state index in [1.54, 1.807) is 0 Å². The smallest absolute Gasteiger partial charge is 0.244 e. The van der Waals surface area contributed by atoms with Crippen LogP contribution in [0.1, 0.15) is 19.3 Å². The highest BCUT2D eigenvalue weighted by Crippen LogP contribution is 2.41. The van der Waals surface area contributed by atoms with Gasteiger partial charge >= 0.3 is 0 Å². The minimum atomic E-state index is -0.933. The second kappa shape index (κ2) is 4.34. The number of hydrogen-bond donors (Lipinski definition) is 1. The summed E-state index contributed by atoms with van der Waals surface area (Å²) in [4.78, 5) is 11.9. The molecule has 0 spiro atoms. The number of anilines is 1. The van der Waals surface area contributed by atoms with Crippen LogP contribution in [0, 0.1) is 22.6 Å². The highest BCUT2D eigenvalue weighted by Gasteiger charge is 2.44. The van der Waals surface area contributed by atoms with Gasteiger partial charge in [-0.25, -0.2) is 4.39 Å². The number of benzene rings is 1. The Labute approximate surface area is 103 Å². The fourth-order valence-electron chi connectivity index (χ4n) is 1.75. The van der Waals surface area contributed by atoms with Crippen LogP contribution in [0.25, 0.3) is 0 Å². The third-order valence-electron chi connectivity index (χ3n) is 3.04. The molecule has 0 saturated heterocycles. The van der Waals surface area contributed by atoms with E-state index in [2.05, 4.69) is 5.32 Å². The van der Waals surface area contributed by atoms with E-state index in [1.165, 1.54) is 12.1 Å². The molecule has 1 fully saturated rings. The van der Waals surface area contributed by atoms with E-state index in [0.29, 0.717) is 18.5 Å². The van der Waals surface area contributed by atoms with E-state index in [-0.39, 0.29) is 10.9 Å². The minimum absolute atomic E-state index is 0.130. The van der Waals surface area contributed by atoms with Gasteiger partial charge in [0, 0.05) is 0 Å². The van der Waals surface area contributed by atoms with Crippen molar-refractivity contribution in [1.29, 1.82) is 5.26 Å². The fourth-order valence-corrected chi connectivity index (χ4v) is 1.97. The molecule has 2 rings (SSSR count). The minimum Gasteiger partial charge on any atom is -0.323 e. The zero-order chi connectivity index (χ0) is 12.5. The Morgan fingerprint density at radius 1 is 1.53 bits per heavy atom. The first-order valence-electron chi connectivity index (χ1n) is 5.25. The molecule has 1 amide bonds. The van der Waals surface area contributed by atoms with Gasteiger partial charge in [-0.1, -0.05) is 11.6 Å². The number of carbonyl (C=O) groups is 1. The van der Waals surface area contributed by atoms with Crippen molar-refractivity contribution in [2.75, 3.05) is 5.32 Å². The summed E-state index contributed by atoms with van der Waals surface area (Å²) in [6.45, 7) is 0. The number of halogens is 2. The van der Waals surface area contributed by atoms with Gasteiger partial charge < -0.3 is 5.32 Å². The molecule has 1 aliphatic carbocycles. The maximum absolute atomic E-state index is 12.8. The normalized spacial score (nSPS) is 16.8. The number of rotatable bonds is 2. The molecule has 0 radical (unpaired) electrons. The van der Waals surface area contributed by atoms with Gasteiger partial charge in [0.15, 0.2) is 0 Å². The van der Waals surface area contributed by atoms with Crippen molar-refractivity contribution in [3.05, 3.63) is 29.0 Å².